The molecule has 118 valence electrons. The first-order valence-corrected chi connectivity index (χ1v) is 8.33. The molecule has 1 saturated heterocycles. The molecule has 1 aliphatic heterocycles. The Hall–Kier alpha value is -0.840. The lowest BCUT2D eigenvalue weighted by Gasteiger charge is -2.35. The van der Waals surface area contributed by atoms with E-state index >= 15 is 0 Å². The maximum atomic E-state index is 6.25. The molecule has 0 aliphatic carbocycles. The van der Waals surface area contributed by atoms with Crippen molar-refractivity contribution in [3.05, 3.63) is 22.8 Å². The van der Waals surface area contributed by atoms with Gasteiger partial charge in [0.15, 0.2) is 0 Å². The molecule has 1 fully saturated rings. The van der Waals surface area contributed by atoms with Crippen LogP contribution in [0.15, 0.2) is 12.3 Å². The normalized spacial score (nSPS) is 16.7. The van der Waals surface area contributed by atoms with Gasteiger partial charge in [-0.2, -0.15) is 0 Å². The fraction of sp³-hybridized carbons (Fsp3) is 0.688. The average molecular weight is 311 g/mol. The summed E-state index contributed by atoms with van der Waals surface area (Å²) in [4.78, 5) is 9.39. The van der Waals surface area contributed by atoms with Crippen LogP contribution in [-0.2, 0) is 6.54 Å². The number of hydrogen-bond donors (Lipinski definition) is 1. The number of piperazine rings is 1. The number of aromatic nitrogens is 1. The van der Waals surface area contributed by atoms with Gasteiger partial charge >= 0.3 is 0 Å². The van der Waals surface area contributed by atoms with E-state index in [1.807, 2.05) is 0 Å². The predicted molar refractivity (Wildman–Crippen MR) is 90.2 cm³/mol. The van der Waals surface area contributed by atoms with E-state index in [4.69, 9.17) is 11.6 Å². The van der Waals surface area contributed by atoms with E-state index in [-0.39, 0.29) is 0 Å². The summed E-state index contributed by atoms with van der Waals surface area (Å²) in [5, 5.41) is 4.16. The summed E-state index contributed by atoms with van der Waals surface area (Å²) < 4.78 is 0. The highest BCUT2D eigenvalue weighted by Crippen LogP contribution is 2.21. The monoisotopic (exact) mass is 310 g/mol. The van der Waals surface area contributed by atoms with Crippen LogP contribution in [0, 0.1) is 0 Å². The summed E-state index contributed by atoms with van der Waals surface area (Å²) in [6, 6.07) is 2.59. The van der Waals surface area contributed by atoms with Crippen LogP contribution < -0.4 is 10.2 Å². The molecule has 1 aromatic heterocycles. The van der Waals surface area contributed by atoms with Crippen molar-refractivity contribution in [2.75, 3.05) is 37.6 Å². The molecule has 0 aromatic carbocycles. The molecule has 0 amide bonds. The molecule has 2 heterocycles. The van der Waals surface area contributed by atoms with E-state index in [1.165, 1.54) is 13.0 Å². The van der Waals surface area contributed by atoms with E-state index in [0.29, 0.717) is 6.04 Å². The number of halogens is 1. The molecule has 1 aliphatic rings. The second-order valence-electron chi connectivity index (χ2n) is 6.00. The van der Waals surface area contributed by atoms with Crippen LogP contribution in [0.5, 0.6) is 0 Å². The summed E-state index contributed by atoms with van der Waals surface area (Å²) in [7, 11) is 0. The number of nitrogens with one attached hydrogen (secondary N) is 1. The van der Waals surface area contributed by atoms with E-state index < -0.39 is 0 Å². The van der Waals surface area contributed by atoms with Crippen LogP contribution in [0.2, 0.25) is 5.02 Å². The first-order valence-electron chi connectivity index (χ1n) is 7.95. The molecule has 21 heavy (non-hydrogen) atoms. The van der Waals surface area contributed by atoms with Crippen molar-refractivity contribution in [1.29, 1.82) is 0 Å². The molecule has 1 N–H and O–H groups in total. The fourth-order valence-electron chi connectivity index (χ4n) is 2.61. The van der Waals surface area contributed by atoms with Gasteiger partial charge < -0.3 is 10.2 Å². The van der Waals surface area contributed by atoms with Crippen molar-refractivity contribution >= 4 is 17.4 Å². The van der Waals surface area contributed by atoms with Crippen molar-refractivity contribution in [2.24, 2.45) is 0 Å². The Morgan fingerprint density at radius 3 is 2.62 bits per heavy atom. The number of pyridine rings is 1. The number of rotatable bonds is 6. The summed E-state index contributed by atoms with van der Waals surface area (Å²) in [5.41, 5.74) is 1.13. The highest BCUT2D eigenvalue weighted by atomic mass is 35.5. The second-order valence-corrected chi connectivity index (χ2v) is 6.41. The van der Waals surface area contributed by atoms with E-state index in [9.17, 15) is 0 Å². The van der Waals surface area contributed by atoms with Gasteiger partial charge in [-0.25, -0.2) is 4.98 Å². The minimum atomic E-state index is 0.454. The van der Waals surface area contributed by atoms with Gasteiger partial charge in [-0.1, -0.05) is 32.4 Å². The topological polar surface area (TPSA) is 31.4 Å². The number of nitrogens with zero attached hydrogens (tertiary/aromatic N) is 3. The van der Waals surface area contributed by atoms with E-state index in [1.54, 1.807) is 6.20 Å². The third-order valence-electron chi connectivity index (χ3n) is 3.86. The molecule has 4 nitrogen and oxygen atoms in total. The largest absolute Gasteiger partial charge is 0.354 e. The molecule has 0 unspecified atom stereocenters. The highest BCUT2D eigenvalue weighted by Gasteiger charge is 2.18. The van der Waals surface area contributed by atoms with E-state index in [0.717, 1.165) is 49.1 Å². The Labute approximate surface area is 133 Å². The van der Waals surface area contributed by atoms with E-state index in [2.05, 4.69) is 46.9 Å². The average Bonchev–Trinajstić information content (AvgIpc) is 2.47. The lowest BCUT2D eigenvalue weighted by Crippen LogP contribution is -2.46. The Morgan fingerprint density at radius 1 is 1.29 bits per heavy atom. The smallest absolute Gasteiger partial charge is 0.128 e. The maximum Gasteiger partial charge on any atom is 0.128 e. The van der Waals surface area contributed by atoms with Crippen molar-refractivity contribution in [3.63, 3.8) is 0 Å². The van der Waals surface area contributed by atoms with Gasteiger partial charge in [0.05, 0.1) is 5.02 Å². The van der Waals surface area contributed by atoms with Gasteiger partial charge in [0.25, 0.3) is 0 Å². The molecule has 0 spiro atoms. The molecular weight excluding hydrogens is 284 g/mol. The van der Waals surface area contributed by atoms with Crippen LogP contribution in [-0.4, -0.2) is 48.6 Å². The molecule has 5 heteroatoms. The van der Waals surface area contributed by atoms with Crippen molar-refractivity contribution in [2.45, 2.75) is 39.8 Å². The minimum absolute atomic E-state index is 0.454. The highest BCUT2D eigenvalue weighted by molar-refractivity contribution is 6.31. The Balaban J connectivity index is 1.99. The summed E-state index contributed by atoms with van der Waals surface area (Å²) in [6.45, 7) is 12.9. The van der Waals surface area contributed by atoms with Crippen molar-refractivity contribution < 1.29 is 0 Å². The molecule has 0 atom stereocenters. The minimum Gasteiger partial charge on any atom is -0.354 e. The second kappa shape index (κ2) is 7.97. The Morgan fingerprint density at radius 2 is 2.00 bits per heavy atom. The summed E-state index contributed by atoms with van der Waals surface area (Å²) in [6.07, 6.45) is 3.01. The van der Waals surface area contributed by atoms with Crippen molar-refractivity contribution in [1.82, 2.24) is 15.2 Å². The molecule has 2 rings (SSSR count). The van der Waals surface area contributed by atoms with Gasteiger partial charge in [-0.15, -0.1) is 0 Å². The van der Waals surface area contributed by atoms with Crippen LogP contribution in [0.1, 0.15) is 32.8 Å². The molecule has 0 saturated carbocycles. The van der Waals surface area contributed by atoms with Crippen molar-refractivity contribution in [3.8, 4) is 0 Å². The molecule has 0 bridgehead atoms. The first-order chi connectivity index (χ1) is 10.1. The predicted octanol–water partition coefficient (Wildman–Crippen LogP) is 2.77. The third kappa shape index (κ3) is 4.83. The number of anilines is 1. The maximum absolute atomic E-state index is 6.25. The van der Waals surface area contributed by atoms with Crippen LogP contribution in [0.4, 0.5) is 5.82 Å². The molecule has 1 aromatic rings. The van der Waals surface area contributed by atoms with Gasteiger partial charge in [-0.05, 0) is 24.6 Å². The molecular formula is C16H27ClN4. The summed E-state index contributed by atoms with van der Waals surface area (Å²) >= 11 is 6.25. The van der Waals surface area contributed by atoms with Crippen LogP contribution in [0.3, 0.4) is 0 Å². The zero-order valence-electron chi connectivity index (χ0n) is 13.4. The fourth-order valence-corrected chi connectivity index (χ4v) is 2.78. The quantitative estimate of drug-likeness (QED) is 0.875. The lowest BCUT2D eigenvalue weighted by atomic mass is 10.2. The van der Waals surface area contributed by atoms with Gasteiger partial charge in [-0.3, -0.25) is 4.90 Å². The van der Waals surface area contributed by atoms with Crippen LogP contribution >= 0.6 is 11.6 Å². The third-order valence-corrected chi connectivity index (χ3v) is 4.20. The van der Waals surface area contributed by atoms with Crippen LogP contribution in [0.25, 0.3) is 0 Å². The first kappa shape index (κ1) is 16.5. The standard InChI is InChI=1S/C16H27ClN4/c1-4-5-20-6-8-21(9-7-20)16-10-14(11-18-13(2)3)15(17)12-19-16/h10,12-13,18H,4-9,11H2,1-3H3. The Kier molecular flexibility index (Phi) is 6.27. The zero-order chi connectivity index (χ0) is 15.2. The lowest BCUT2D eigenvalue weighted by molar-refractivity contribution is 0.258. The molecule has 0 radical (unpaired) electrons. The van der Waals surface area contributed by atoms with Gasteiger partial charge in [0.1, 0.15) is 5.82 Å². The zero-order valence-corrected chi connectivity index (χ0v) is 14.2. The van der Waals surface area contributed by atoms with Gasteiger partial charge in [0, 0.05) is 45.0 Å². The Bertz CT molecular complexity index is 442. The SMILES string of the molecule is CCCN1CCN(c2cc(CNC(C)C)c(Cl)cn2)CC1. The van der Waals surface area contributed by atoms with Gasteiger partial charge in [0.2, 0.25) is 0 Å². The summed E-state index contributed by atoms with van der Waals surface area (Å²) in [5.74, 6) is 1.05. The number of hydrogen-bond acceptors (Lipinski definition) is 4.